The Morgan fingerprint density at radius 3 is 2.00 bits per heavy atom. The summed E-state index contributed by atoms with van der Waals surface area (Å²) < 4.78 is 0. The molecule has 3 nitrogen and oxygen atoms in total. The van der Waals surface area contributed by atoms with Gasteiger partial charge in [-0.2, -0.15) is 0 Å². The van der Waals surface area contributed by atoms with E-state index in [0.29, 0.717) is 12.5 Å². The summed E-state index contributed by atoms with van der Waals surface area (Å²) in [5, 5.41) is 0. The second-order valence-corrected chi connectivity index (χ2v) is 3.09. The minimum atomic E-state index is 0.157. The van der Waals surface area contributed by atoms with E-state index in [-0.39, 0.29) is 12.1 Å². The molecule has 0 fully saturated rings. The molecule has 0 spiro atoms. The molecule has 3 heteroatoms. The Balaban J connectivity index is 3.50. The highest BCUT2D eigenvalue weighted by atomic mass is 14.7. The van der Waals surface area contributed by atoms with Crippen molar-refractivity contribution in [2.75, 3.05) is 6.54 Å². The zero-order valence-corrected chi connectivity index (χ0v) is 6.88. The SMILES string of the molecule is CC(N)CC(N)C(C)CN. The van der Waals surface area contributed by atoms with Crippen LogP contribution in [-0.2, 0) is 0 Å². The topological polar surface area (TPSA) is 78.1 Å². The van der Waals surface area contributed by atoms with Crippen LogP contribution in [-0.4, -0.2) is 18.6 Å². The second kappa shape index (κ2) is 4.66. The van der Waals surface area contributed by atoms with Crippen LogP contribution in [0.25, 0.3) is 0 Å². The molecule has 0 saturated heterocycles. The molecule has 0 heterocycles. The van der Waals surface area contributed by atoms with E-state index in [1.807, 2.05) is 13.8 Å². The third-order valence-electron chi connectivity index (χ3n) is 1.75. The Morgan fingerprint density at radius 1 is 1.20 bits per heavy atom. The normalized spacial score (nSPS) is 20.1. The van der Waals surface area contributed by atoms with Crippen molar-refractivity contribution >= 4 is 0 Å². The number of hydrogen-bond donors (Lipinski definition) is 3. The van der Waals surface area contributed by atoms with Gasteiger partial charge in [0.25, 0.3) is 0 Å². The summed E-state index contributed by atoms with van der Waals surface area (Å²) in [5.74, 6) is 0.381. The zero-order valence-electron chi connectivity index (χ0n) is 6.88. The predicted octanol–water partition coefficient (Wildman–Crippen LogP) is -0.354. The van der Waals surface area contributed by atoms with Crippen LogP contribution in [0.3, 0.4) is 0 Å². The summed E-state index contributed by atoms with van der Waals surface area (Å²) in [6.07, 6.45) is 0.859. The molecular weight excluding hydrogens is 126 g/mol. The first-order chi connectivity index (χ1) is 4.57. The molecule has 3 atom stereocenters. The summed E-state index contributed by atoms with van der Waals surface area (Å²) >= 11 is 0. The third-order valence-corrected chi connectivity index (χ3v) is 1.75. The molecule has 0 aromatic rings. The highest BCUT2D eigenvalue weighted by Crippen LogP contribution is 2.03. The lowest BCUT2D eigenvalue weighted by Crippen LogP contribution is -2.37. The van der Waals surface area contributed by atoms with Crippen molar-refractivity contribution in [2.45, 2.75) is 32.4 Å². The highest BCUT2D eigenvalue weighted by molar-refractivity contribution is 4.73. The Labute approximate surface area is 62.9 Å². The van der Waals surface area contributed by atoms with Crippen molar-refractivity contribution in [3.05, 3.63) is 0 Å². The molecule has 0 rings (SSSR count). The van der Waals surface area contributed by atoms with E-state index in [2.05, 4.69) is 0 Å². The summed E-state index contributed by atoms with van der Waals surface area (Å²) in [6, 6.07) is 0.342. The van der Waals surface area contributed by atoms with Gasteiger partial charge in [-0.05, 0) is 25.8 Å². The van der Waals surface area contributed by atoms with Crippen LogP contribution in [0, 0.1) is 5.92 Å². The number of rotatable bonds is 4. The quantitative estimate of drug-likeness (QED) is 0.506. The molecule has 0 aliphatic rings. The van der Waals surface area contributed by atoms with Gasteiger partial charge in [0.05, 0.1) is 0 Å². The first-order valence-corrected chi connectivity index (χ1v) is 3.79. The Morgan fingerprint density at radius 2 is 1.70 bits per heavy atom. The molecule has 0 aromatic carbocycles. The van der Waals surface area contributed by atoms with Crippen LogP contribution >= 0.6 is 0 Å². The average Bonchev–Trinajstić information content (AvgIpc) is 1.85. The molecule has 6 N–H and O–H groups in total. The van der Waals surface area contributed by atoms with Crippen LogP contribution < -0.4 is 17.2 Å². The lowest BCUT2D eigenvalue weighted by Gasteiger charge is -2.19. The standard InChI is InChI=1S/C7H19N3/c1-5(4-8)7(10)3-6(2)9/h5-7H,3-4,8-10H2,1-2H3. The molecule has 0 bridgehead atoms. The van der Waals surface area contributed by atoms with Crippen LogP contribution in [0.2, 0.25) is 0 Å². The van der Waals surface area contributed by atoms with Gasteiger partial charge in [0, 0.05) is 12.1 Å². The van der Waals surface area contributed by atoms with Crippen molar-refractivity contribution in [3.63, 3.8) is 0 Å². The van der Waals surface area contributed by atoms with Gasteiger partial charge in [-0.15, -0.1) is 0 Å². The van der Waals surface area contributed by atoms with Gasteiger partial charge >= 0.3 is 0 Å². The van der Waals surface area contributed by atoms with Crippen molar-refractivity contribution in [3.8, 4) is 0 Å². The van der Waals surface area contributed by atoms with Gasteiger partial charge in [-0.1, -0.05) is 6.92 Å². The van der Waals surface area contributed by atoms with E-state index in [9.17, 15) is 0 Å². The Hall–Kier alpha value is -0.120. The van der Waals surface area contributed by atoms with Gasteiger partial charge in [-0.25, -0.2) is 0 Å². The van der Waals surface area contributed by atoms with Gasteiger partial charge in [-0.3, -0.25) is 0 Å². The minimum absolute atomic E-state index is 0.157. The summed E-state index contributed by atoms with van der Waals surface area (Å²) in [5.41, 5.74) is 16.8. The maximum Gasteiger partial charge on any atom is 0.00911 e. The fourth-order valence-corrected chi connectivity index (χ4v) is 0.836. The van der Waals surface area contributed by atoms with Crippen LogP contribution in [0.4, 0.5) is 0 Å². The molecule has 3 unspecified atom stereocenters. The Kier molecular flexibility index (Phi) is 4.60. The zero-order chi connectivity index (χ0) is 8.15. The van der Waals surface area contributed by atoms with E-state index in [1.165, 1.54) is 0 Å². The first kappa shape index (κ1) is 9.88. The van der Waals surface area contributed by atoms with Crippen LogP contribution in [0.5, 0.6) is 0 Å². The fraction of sp³-hybridized carbons (Fsp3) is 1.00. The average molecular weight is 145 g/mol. The Bertz CT molecular complexity index is 82.9. The predicted molar refractivity (Wildman–Crippen MR) is 44.5 cm³/mol. The maximum absolute atomic E-state index is 5.77. The van der Waals surface area contributed by atoms with Crippen molar-refractivity contribution in [2.24, 2.45) is 23.1 Å². The van der Waals surface area contributed by atoms with Crippen molar-refractivity contribution in [1.29, 1.82) is 0 Å². The summed E-state index contributed by atoms with van der Waals surface area (Å²) in [4.78, 5) is 0. The van der Waals surface area contributed by atoms with Crippen LogP contribution in [0.15, 0.2) is 0 Å². The lowest BCUT2D eigenvalue weighted by molar-refractivity contribution is 0.415. The second-order valence-electron chi connectivity index (χ2n) is 3.09. The molecule has 0 amide bonds. The van der Waals surface area contributed by atoms with Crippen molar-refractivity contribution < 1.29 is 0 Å². The molecule has 0 aliphatic heterocycles. The van der Waals surface area contributed by atoms with Gasteiger partial charge in [0.15, 0.2) is 0 Å². The van der Waals surface area contributed by atoms with Crippen LogP contribution in [0.1, 0.15) is 20.3 Å². The summed E-state index contributed by atoms with van der Waals surface area (Å²) in [7, 11) is 0. The monoisotopic (exact) mass is 145 g/mol. The highest BCUT2D eigenvalue weighted by Gasteiger charge is 2.11. The molecule has 62 valence electrons. The largest absolute Gasteiger partial charge is 0.330 e. The first-order valence-electron chi connectivity index (χ1n) is 3.79. The molecule has 10 heavy (non-hydrogen) atoms. The smallest absolute Gasteiger partial charge is 0.00911 e. The molecule has 0 aliphatic carbocycles. The van der Waals surface area contributed by atoms with E-state index in [0.717, 1.165) is 6.42 Å². The van der Waals surface area contributed by atoms with Gasteiger partial charge < -0.3 is 17.2 Å². The number of nitrogens with two attached hydrogens (primary N) is 3. The van der Waals surface area contributed by atoms with E-state index < -0.39 is 0 Å². The third kappa shape index (κ3) is 3.82. The maximum atomic E-state index is 5.77. The van der Waals surface area contributed by atoms with E-state index >= 15 is 0 Å². The lowest BCUT2D eigenvalue weighted by atomic mass is 9.97. The van der Waals surface area contributed by atoms with E-state index in [4.69, 9.17) is 17.2 Å². The molecular formula is C7H19N3. The summed E-state index contributed by atoms with van der Waals surface area (Å²) in [6.45, 7) is 4.66. The fourth-order valence-electron chi connectivity index (χ4n) is 0.836. The number of hydrogen-bond acceptors (Lipinski definition) is 3. The van der Waals surface area contributed by atoms with E-state index in [1.54, 1.807) is 0 Å². The minimum Gasteiger partial charge on any atom is -0.330 e. The van der Waals surface area contributed by atoms with Crippen molar-refractivity contribution in [1.82, 2.24) is 0 Å². The van der Waals surface area contributed by atoms with Gasteiger partial charge in [0.1, 0.15) is 0 Å². The molecule has 0 saturated carbocycles. The molecule has 0 radical (unpaired) electrons. The van der Waals surface area contributed by atoms with Gasteiger partial charge in [0.2, 0.25) is 0 Å². The molecule has 0 aromatic heterocycles.